The van der Waals surface area contributed by atoms with Crippen molar-refractivity contribution in [1.29, 1.82) is 0 Å². The number of esters is 1. The minimum atomic E-state index is -0.375. The first-order chi connectivity index (χ1) is 19.5. The Kier molecular flexibility index (Phi) is 11.2. The Morgan fingerprint density at radius 1 is 0.875 bits per heavy atom. The molecule has 0 bridgehead atoms. The van der Waals surface area contributed by atoms with Crippen LogP contribution in [-0.2, 0) is 22.6 Å². The third-order valence-corrected chi connectivity index (χ3v) is 8.48. The van der Waals surface area contributed by atoms with Crippen molar-refractivity contribution in [3.8, 4) is 22.3 Å². The lowest BCUT2D eigenvalue weighted by Crippen LogP contribution is -2.13. The van der Waals surface area contributed by atoms with Crippen LogP contribution < -0.4 is 0 Å². The largest absolute Gasteiger partial charge is 0.457 e. The van der Waals surface area contributed by atoms with E-state index in [1.807, 2.05) is 0 Å². The molecule has 0 unspecified atom stereocenters. The molecule has 1 fully saturated rings. The molecular formula is C37H46O3. The molecule has 0 saturated heterocycles. The lowest BCUT2D eigenvalue weighted by Gasteiger charge is -2.29. The summed E-state index contributed by atoms with van der Waals surface area (Å²) in [5.74, 6) is 1.23. The van der Waals surface area contributed by atoms with E-state index in [2.05, 4.69) is 80.2 Å². The summed E-state index contributed by atoms with van der Waals surface area (Å²) in [6.07, 6.45) is 12.5. The van der Waals surface area contributed by atoms with E-state index in [9.17, 15) is 4.79 Å². The zero-order valence-electron chi connectivity index (χ0n) is 24.5. The van der Waals surface area contributed by atoms with Crippen LogP contribution in [-0.4, -0.2) is 17.7 Å². The average Bonchev–Trinajstić information content (AvgIpc) is 2.99. The van der Waals surface area contributed by atoms with E-state index in [4.69, 9.17) is 9.84 Å². The van der Waals surface area contributed by atoms with Crippen LogP contribution in [0.4, 0.5) is 0 Å². The molecule has 212 valence electrons. The minimum Gasteiger partial charge on any atom is -0.457 e. The molecule has 3 heteroatoms. The highest BCUT2D eigenvalue weighted by atomic mass is 16.5. The van der Waals surface area contributed by atoms with Crippen LogP contribution >= 0.6 is 0 Å². The Hall–Kier alpha value is -3.17. The molecule has 3 aromatic carbocycles. The van der Waals surface area contributed by atoms with Crippen molar-refractivity contribution in [3.63, 3.8) is 0 Å². The second kappa shape index (κ2) is 15.0. The lowest BCUT2D eigenvalue weighted by molar-refractivity contribution is -0.140. The van der Waals surface area contributed by atoms with Gasteiger partial charge in [-0.1, -0.05) is 99.8 Å². The van der Waals surface area contributed by atoms with E-state index in [1.54, 1.807) is 6.92 Å². The van der Waals surface area contributed by atoms with Crippen LogP contribution in [0.25, 0.3) is 22.3 Å². The molecule has 0 aromatic heterocycles. The maximum absolute atomic E-state index is 12.2. The number of aliphatic hydroxyl groups is 1. The second-order valence-electron chi connectivity index (χ2n) is 11.6. The SMILES string of the molecule is C=C(C)C(=O)OCc1cc(-c2ccc(C3CCC(CCCCC)CC3)cc2)ccc1-c1ccc(CCCO)cc1. The van der Waals surface area contributed by atoms with Gasteiger partial charge in [-0.25, -0.2) is 4.79 Å². The van der Waals surface area contributed by atoms with E-state index in [0.29, 0.717) is 11.5 Å². The van der Waals surface area contributed by atoms with Crippen LogP contribution in [0.15, 0.2) is 78.9 Å². The van der Waals surface area contributed by atoms with Gasteiger partial charge < -0.3 is 9.84 Å². The molecule has 4 rings (SSSR count). The van der Waals surface area contributed by atoms with Gasteiger partial charge in [0.2, 0.25) is 0 Å². The van der Waals surface area contributed by atoms with E-state index in [-0.39, 0.29) is 19.2 Å². The fourth-order valence-corrected chi connectivity index (χ4v) is 5.99. The molecule has 1 aliphatic rings. The van der Waals surface area contributed by atoms with Gasteiger partial charge in [0, 0.05) is 12.2 Å². The van der Waals surface area contributed by atoms with E-state index in [0.717, 1.165) is 41.0 Å². The molecule has 1 saturated carbocycles. The summed E-state index contributed by atoms with van der Waals surface area (Å²) in [5.41, 5.74) is 8.48. The van der Waals surface area contributed by atoms with Crippen molar-refractivity contribution in [1.82, 2.24) is 0 Å². The number of unbranched alkanes of at least 4 members (excludes halogenated alkanes) is 2. The first-order valence-corrected chi connectivity index (χ1v) is 15.2. The van der Waals surface area contributed by atoms with E-state index in [1.165, 1.54) is 68.1 Å². The summed E-state index contributed by atoms with van der Waals surface area (Å²) >= 11 is 0. The Bertz CT molecular complexity index is 1230. The van der Waals surface area contributed by atoms with Crippen molar-refractivity contribution < 1.29 is 14.6 Å². The summed E-state index contributed by atoms with van der Waals surface area (Å²) in [6.45, 7) is 8.07. The number of rotatable bonds is 13. The topological polar surface area (TPSA) is 46.5 Å². The summed E-state index contributed by atoms with van der Waals surface area (Å²) < 4.78 is 5.59. The molecule has 0 atom stereocenters. The Morgan fingerprint density at radius 2 is 1.55 bits per heavy atom. The van der Waals surface area contributed by atoms with Crippen LogP contribution in [0.1, 0.15) is 94.2 Å². The van der Waals surface area contributed by atoms with Crippen LogP contribution in [0.5, 0.6) is 0 Å². The van der Waals surface area contributed by atoms with Gasteiger partial charge in [0.1, 0.15) is 6.61 Å². The maximum atomic E-state index is 12.2. The molecule has 40 heavy (non-hydrogen) atoms. The first kappa shape index (κ1) is 29.8. The summed E-state index contributed by atoms with van der Waals surface area (Å²) in [4.78, 5) is 12.2. The molecule has 1 N–H and O–H groups in total. The Balaban J connectivity index is 1.50. The Morgan fingerprint density at radius 3 is 2.20 bits per heavy atom. The van der Waals surface area contributed by atoms with Gasteiger partial charge in [0.05, 0.1) is 0 Å². The van der Waals surface area contributed by atoms with Crippen molar-refractivity contribution in [3.05, 3.63) is 95.6 Å². The molecular weight excluding hydrogens is 492 g/mol. The van der Waals surface area contributed by atoms with Gasteiger partial charge in [-0.05, 0) is 102 Å². The highest BCUT2D eigenvalue weighted by molar-refractivity contribution is 5.87. The molecule has 0 radical (unpaired) electrons. The number of aliphatic hydroxyl groups excluding tert-OH is 1. The number of hydrogen-bond acceptors (Lipinski definition) is 3. The van der Waals surface area contributed by atoms with Gasteiger partial charge in [-0.3, -0.25) is 0 Å². The molecule has 0 spiro atoms. The number of carbonyl (C=O) groups excluding carboxylic acids is 1. The zero-order chi connectivity index (χ0) is 28.3. The van der Waals surface area contributed by atoms with Gasteiger partial charge in [-0.2, -0.15) is 0 Å². The van der Waals surface area contributed by atoms with Gasteiger partial charge >= 0.3 is 5.97 Å². The summed E-state index contributed by atoms with van der Waals surface area (Å²) in [5, 5.41) is 9.14. The second-order valence-corrected chi connectivity index (χ2v) is 11.6. The highest BCUT2D eigenvalue weighted by Gasteiger charge is 2.22. The van der Waals surface area contributed by atoms with Crippen molar-refractivity contribution in [2.75, 3.05) is 6.61 Å². The van der Waals surface area contributed by atoms with Crippen LogP contribution in [0, 0.1) is 5.92 Å². The summed E-state index contributed by atoms with van der Waals surface area (Å²) in [6, 6.07) is 24.0. The van der Waals surface area contributed by atoms with Gasteiger partial charge in [0.25, 0.3) is 0 Å². The number of hydrogen-bond donors (Lipinski definition) is 1. The smallest absolute Gasteiger partial charge is 0.333 e. The predicted molar refractivity (Wildman–Crippen MR) is 166 cm³/mol. The number of ether oxygens (including phenoxy) is 1. The summed E-state index contributed by atoms with van der Waals surface area (Å²) in [7, 11) is 0. The third kappa shape index (κ3) is 8.17. The normalized spacial score (nSPS) is 17.0. The minimum absolute atomic E-state index is 0.195. The zero-order valence-corrected chi connectivity index (χ0v) is 24.5. The first-order valence-electron chi connectivity index (χ1n) is 15.2. The van der Waals surface area contributed by atoms with Crippen LogP contribution in [0.2, 0.25) is 0 Å². The third-order valence-electron chi connectivity index (χ3n) is 8.48. The lowest BCUT2D eigenvalue weighted by atomic mass is 9.77. The van der Waals surface area contributed by atoms with Gasteiger partial charge in [-0.15, -0.1) is 0 Å². The van der Waals surface area contributed by atoms with Crippen molar-refractivity contribution in [2.45, 2.75) is 90.6 Å². The molecule has 0 amide bonds. The van der Waals surface area contributed by atoms with Gasteiger partial charge in [0.15, 0.2) is 0 Å². The van der Waals surface area contributed by atoms with E-state index < -0.39 is 0 Å². The van der Waals surface area contributed by atoms with Crippen LogP contribution in [0.3, 0.4) is 0 Å². The number of benzene rings is 3. The van der Waals surface area contributed by atoms with Crippen molar-refractivity contribution in [2.24, 2.45) is 5.92 Å². The number of carbonyl (C=O) groups is 1. The number of aryl methyl sites for hydroxylation is 1. The quantitative estimate of drug-likeness (QED) is 0.134. The van der Waals surface area contributed by atoms with E-state index >= 15 is 0 Å². The molecule has 3 nitrogen and oxygen atoms in total. The Labute approximate surface area is 241 Å². The standard InChI is InChI=1S/C37H46O3/c1-4-5-6-8-28-10-14-30(15-11-28)31-18-20-32(21-19-31)34-22-23-36(35(25-34)26-40-37(39)27(2)3)33-16-12-29(13-17-33)9-7-24-38/h12-13,16-23,25,28,30,38H,2,4-11,14-15,24,26H2,1,3H3. The fraction of sp³-hybridized carbons (Fsp3) is 0.432. The molecule has 0 heterocycles. The molecule has 1 aliphatic carbocycles. The monoisotopic (exact) mass is 538 g/mol. The highest BCUT2D eigenvalue weighted by Crippen LogP contribution is 2.38. The molecule has 3 aromatic rings. The van der Waals surface area contributed by atoms with Crippen molar-refractivity contribution >= 4 is 5.97 Å². The predicted octanol–water partition coefficient (Wildman–Crippen LogP) is 9.42. The molecule has 0 aliphatic heterocycles. The average molecular weight is 539 g/mol. The maximum Gasteiger partial charge on any atom is 0.333 e. The fourth-order valence-electron chi connectivity index (χ4n) is 5.99.